The van der Waals surface area contributed by atoms with E-state index >= 15 is 0 Å². The third-order valence-corrected chi connectivity index (χ3v) is 4.58. The molecular formula is C19H28N2O4. The number of hydrogen-bond acceptors (Lipinski definition) is 4. The van der Waals surface area contributed by atoms with E-state index in [1.54, 1.807) is 12.0 Å². The number of fused-ring (bicyclic) bond motifs is 1. The van der Waals surface area contributed by atoms with Crippen LogP contribution in [0.2, 0.25) is 0 Å². The van der Waals surface area contributed by atoms with Crippen LogP contribution in [0, 0.1) is 5.92 Å². The van der Waals surface area contributed by atoms with Crippen LogP contribution in [0.1, 0.15) is 45.6 Å². The normalized spacial score (nSPS) is 18.9. The van der Waals surface area contributed by atoms with Crippen LogP contribution in [0.4, 0.5) is 10.5 Å². The number of rotatable bonds is 6. The highest BCUT2D eigenvalue weighted by atomic mass is 16.6. The Labute approximate surface area is 149 Å². The minimum absolute atomic E-state index is 0.0186. The van der Waals surface area contributed by atoms with Crippen molar-refractivity contribution in [1.82, 2.24) is 5.32 Å². The Morgan fingerprint density at radius 1 is 1.32 bits per heavy atom. The Balaban J connectivity index is 2.41. The van der Waals surface area contributed by atoms with Gasteiger partial charge < -0.3 is 14.8 Å². The summed E-state index contributed by atoms with van der Waals surface area (Å²) in [5.74, 6) is 1.06. The lowest BCUT2D eigenvalue weighted by atomic mass is 9.85. The molecule has 6 nitrogen and oxygen atoms in total. The second-order valence-corrected chi connectivity index (χ2v) is 6.61. The Morgan fingerprint density at radius 3 is 2.60 bits per heavy atom. The van der Waals surface area contributed by atoms with Crippen LogP contribution >= 0.6 is 0 Å². The fourth-order valence-electron chi connectivity index (χ4n) is 3.61. The summed E-state index contributed by atoms with van der Waals surface area (Å²) in [6.07, 6.45) is 0.424. The summed E-state index contributed by atoms with van der Waals surface area (Å²) in [7, 11) is 1.63. The van der Waals surface area contributed by atoms with Gasteiger partial charge in [0.05, 0.1) is 19.4 Å². The van der Waals surface area contributed by atoms with Crippen LogP contribution < -0.4 is 15.0 Å². The molecule has 1 heterocycles. The smallest absolute Gasteiger partial charge is 0.414 e. The van der Waals surface area contributed by atoms with Crippen LogP contribution in [0.15, 0.2) is 18.2 Å². The van der Waals surface area contributed by atoms with Crippen molar-refractivity contribution < 1.29 is 19.1 Å². The number of nitrogens with one attached hydrogen (secondary N) is 1. The molecule has 1 aromatic carbocycles. The summed E-state index contributed by atoms with van der Waals surface area (Å²) in [6.45, 7) is 8.42. The van der Waals surface area contributed by atoms with Crippen molar-refractivity contribution in [3.63, 3.8) is 0 Å². The van der Waals surface area contributed by atoms with Gasteiger partial charge in [0, 0.05) is 25.4 Å². The van der Waals surface area contributed by atoms with Gasteiger partial charge in [0.25, 0.3) is 0 Å². The van der Waals surface area contributed by atoms with Crippen LogP contribution in [0.3, 0.4) is 0 Å². The topological polar surface area (TPSA) is 67.9 Å². The van der Waals surface area contributed by atoms with Gasteiger partial charge in [0.1, 0.15) is 5.75 Å². The molecule has 0 fully saturated rings. The maximum atomic E-state index is 12.6. The van der Waals surface area contributed by atoms with E-state index in [1.807, 2.05) is 25.1 Å². The number of carbonyl (C=O) groups is 2. The first-order valence-electron chi connectivity index (χ1n) is 8.79. The van der Waals surface area contributed by atoms with E-state index in [4.69, 9.17) is 9.47 Å². The molecule has 0 aliphatic carbocycles. The summed E-state index contributed by atoms with van der Waals surface area (Å²) >= 11 is 0. The molecule has 2 rings (SSSR count). The van der Waals surface area contributed by atoms with Crippen molar-refractivity contribution in [3.8, 4) is 5.75 Å². The summed E-state index contributed by atoms with van der Waals surface area (Å²) in [6, 6.07) is 5.75. The predicted octanol–water partition coefficient (Wildman–Crippen LogP) is 3.31. The number of benzene rings is 1. The van der Waals surface area contributed by atoms with Crippen LogP contribution in [-0.4, -0.2) is 38.3 Å². The first kappa shape index (κ1) is 19.1. The highest BCUT2D eigenvalue weighted by Crippen LogP contribution is 2.47. The van der Waals surface area contributed by atoms with E-state index in [1.165, 1.54) is 6.92 Å². The Morgan fingerprint density at radius 2 is 2.04 bits per heavy atom. The zero-order valence-electron chi connectivity index (χ0n) is 15.7. The van der Waals surface area contributed by atoms with Crippen LogP contribution in [0.5, 0.6) is 5.75 Å². The molecule has 138 valence electrons. The molecule has 1 N–H and O–H groups in total. The zero-order valence-corrected chi connectivity index (χ0v) is 15.7. The van der Waals surface area contributed by atoms with E-state index in [0.29, 0.717) is 13.2 Å². The zero-order chi connectivity index (χ0) is 18.6. The molecule has 1 aromatic rings. The fourth-order valence-corrected chi connectivity index (χ4v) is 3.61. The van der Waals surface area contributed by atoms with E-state index in [-0.39, 0.29) is 29.9 Å². The predicted molar refractivity (Wildman–Crippen MR) is 97.2 cm³/mol. The van der Waals surface area contributed by atoms with Crippen molar-refractivity contribution in [3.05, 3.63) is 23.8 Å². The first-order valence-corrected chi connectivity index (χ1v) is 8.79. The average Bonchev–Trinajstić information content (AvgIpc) is 2.88. The number of hydrogen-bond donors (Lipinski definition) is 1. The molecule has 0 saturated carbocycles. The summed E-state index contributed by atoms with van der Waals surface area (Å²) in [5.41, 5.74) is 1.93. The number of amides is 2. The molecule has 2 unspecified atom stereocenters. The number of methoxy groups -OCH3 is 1. The standard InChI is InChI=1S/C19H28N2O4/c1-6-25-19(23)21-17-8-7-14(24-5)11-16(17)15(18(21)12(2)3)9-10-20-13(4)22/h7-8,11-12,15,18H,6,9-10H2,1-5H3,(H,20,22). The van der Waals surface area contributed by atoms with E-state index in [9.17, 15) is 9.59 Å². The molecule has 1 aliphatic rings. The molecule has 1 aliphatic heterocycles. The lowest BCUT2D eigenvalue weighted by Gasteiger charge is -2.31. The van der Waals surface area contributed by atoms with Gasteiger partial charge in [-0.05, 0) is 43.0 Å². The van der Waals surface area contributed by atoms with E-state index in [2.05, 4.69) is 19.2 Å². The molecule has 0 saturated heterocycles. The lowest BCUT2D eigenvalue weighted by Crippen LogP contribution is -2.43. The van der Waals surface area contributed by atoms with E-state index < -0.39 is 0 Å². The molecule has 2 amide bonds. The molecule has 25 heavy (non-hydrogen) atoms. The lowest BCUT2D eigenvalue weighted by molar-refractivity contribution is -0.118. The van der Waals surface area contributed by atoms with Gasteiger partial charge in [0.15, 0.2) is 0 Å². The van der Waals surface area contributed by atoms with Crippen molar-refractivity contribution >= 4 is 17.7 Å². The molecule has 0 spiro atoms. The summed E-state index contributed by atoms with van der Waals surface area (Å²) in [4.78, 5) is 25.6. The second kappa shape index (κ2) is 8.23. The van der Waals surface area contributed by atoms with Gasteiger partial charge in [-0.1, -0.05) is 13.8 Å². The van der Waals surface area contributed by atoms with Crippen LogP contribution in [-0.2, 0) is 9.53 Å². The van der Waals surface area contributed by atoms with Gasteiger partial charge >= 0.3 is 6.09 Å². The SMILES string of the molecule is CCOC(=O)N1c2ccc(OC)cc2C(CCNC(C)=O)C1C(C)C. The minimum atomic E-state index is -0.324. The average molecular weight is 348 g/mol. The quantitative estimate of drug-likeness (QED) is 0.856. The minimum Gasteiger partial charge on any atom is -0.497 e. The first-order chi connectivity index (χ1) is 11.9. The highest BCUT2D eigenvalue weighted by Gasteiger charge is 2.43. The van der Waals surface area contributed by atoms with Crippen molar-refractivity contribution in [2.24, 2.45) is 5.92 Å². The third-order valence-electron chi connectivity index (χ3n) is 4.58. The summed E-state index contributed by atoms with van der Waals surface area (Å²) < 4.78 is 10.7. The monoisotopic (exact) mass is 348 g/mol. The maximum absolute atomic E-state index is 12.6. The third kappa shape index (κ3) is 4.06. The van der Waals surface area contributed by atoms with Crippen LogP contribution in [0.25, 0.3) is 0 Å². The Kier molecular flexibility index (Phi) is 6.28. The number of nitrogens with zero attached hydrogens (tertiary/aromatic N) is 1. The second-order valence-electron chi connectivity index (χ2n) is 6.61. The highest BCUT2D eigenvalue weighted by molar-refractivity contribution is 5.92. The van der Waals surface area contributed by atoms with Gasteiger partial charge in [-0.25, -0.2) is 4.79 Å². The van der Waals surface area contributed by atoms with Gasteiger partial charge in [0.2, 0.25) is 5.91 Å². The number of anilines is 1. The van der Waals surface area contributed by atoms with Gasteiger partial charge in [-0.2, -0.15) is 0 Å². The molecule has 0 aromatic heterocycles. The summed E-state index contributed by atoms with van der Waals surface area (Å²) in [5, 5.41) is 2.86. The van der Waals surface area contributed by atoms with Gasteiger partial charge in [-0.3, -0.25) is 9.69 Å². The maximum Gasteiger partial charge on any atom is 0.414 e. The largest absolute Gasteiger partial charge is 0.497 e. The fraction of sp³-hybridized carbons (Fsp3) is 0.579. The molecule has 2 atom stereocenters. The Bertz CT molecular complexity index is 630. The van der Waals surface area contributed by atoms with Crippen molar-refractivity contribution in [2.45, 2.75) is 46.1 Å². The van der Waals surface area contributed by atoms with Crippen molar-refractivity contribution in [1.29, 1.82) is 0 Å². The molecule has 0 radical (unpaired) electrons. The molecule has 0 bridgehead atoms. The number of carbonyl (C=O) groups excluding carboxylic acids is 2. The molecule has 6 heteroatoms. The number of ether oxygens (including phenoxy) is 2. The van der Waals surface area contributed by atoms with Crippen molar-refractivity contribution in [2.75, 3.05) is 25.2 Å². The van der Waals surface area contributed by atoms with Gasteiger partial charge in [-0.15, -0.1) is 0 Å². The Hall–Kier alpha value is -2.24. The molecular weight excluding hydrogens is 320 g/mol. The van der Waals surface area contributed by atoms with E-state index in [0.717, 1.165) is 23.4 Å².